The fraction of sp³-hybridized carbons (Fsp3) is 0.0625. The van der Waals surface area contributed by atoms with Crippen LogP contribution in [0.4, 0.5) is 0 Å². The molecule has 0 N–H and O–H groups in total. The highest BCUT2D eigenvalue weighted by Gasteiger charge is 2.16. The van der Waals surface area contributed by atoms with Crippen LogP contribution >= 0.6 is 8.16 Å². The molecule has 186 valence electrons. The molecule has 0 atom stereocenters. The highest BCUT2D eigenvalue weighted by molar-refractivity contribution is 7.38. The summed E-state index contributed by atoms with van der Waals surface area (Å²) in [6.45, 7) is 0.685. The minimum Gasteiger partial charge on any atom is -0.456 e. The molecule has 0 spiro atoms. The summed E-state index contributed by atoms with van der Waals surface area (Å²) in [7, 11) is 0.551. The van der Waals surface area contributed by atoms with Crippen LogP contribution in [0, 0.1) is 0 Å². The van der Waals surface area contributed by atoms with Crippen LogP contribution < -0.4 is 4.67 Å². The normalized spacial score (nSPS) is 11.6. The van der Waals surface area contributed by atoms with E-state index < -0.39 is 8.16 Å². The molecule has 0 radical (unpaired) electrons. The number of para-hydroxylation sites is 2. The maximum absolute atomic E-state index is 6.65. The SMILES string of the molecule is CN(Cc1ccccc1)p1oc2cccc3oc4ccccc4c4ccccc4oc4cccc(o1)c4c32. The molecule has 2 heterocycles. The minimum atomic E-state index is -1.47. The molecular formula is C32H24NO4P. The Morgan fingerprint density at radius 2 is 0.947 bits per heavy atom. The molecule has 0 aliphatic heterocycles. The zero-order valence-corrected chi connectivity index (χ0v) is 21.6. The maximum atomic E-state index is 6.65. The third kappa shape index (κ3) is 4.03. The van der Waals surface area contributed by atoms with Crippen LogP contribution in [0.1, 0.15) is 5.56 Å². The zero-order chi connectivity index (χ0) is 25.5. The number of nitrogens with zero attached hydrogens (tertiary/aromatic N) is 1. The summed E-state index contributed by atoms with van der Waals surface area (Å²) >= 11 is 0. The number of hydrogen-bond donors (Lipinski definition) is 0. The van der Waals surface area contributed by atoms with Crippen molar-refractivity contribution in [2.24, 2.45) is 0 Å². The van der Waals surface area contributed by atoms with Gasteiger partial charge in [0.25, 0.3) is 0 Å². The maximum Gasteiger partial charge on any atom is 0.309 e. The topological polar surface area (TPSA) is 55.8 Å². The van der Waals surface area contributed by atoms with E-state index in [1.165, 1.54) is 5.56 Å². The van der Waals surface area contributed by atoms with Crippen molar-refractivity contribution in [2.45, 2.75) is 6.54 Å². The molecular weight excluding hydrogens is 493 g/mol. The summed E-state index contributed by atoms with van der Waals surface area (Å²) < 4.78 is 28.6. The number of rotatable bonds is 3. The van der Waals surface area contributed by atoms with Crippen LogP contribution in [0.25, 0.3) is 55.0 Å². The number of benzene rings is 5. The molecule has 5 aromatic carbocycles. The van der Waals surface area contributed by atoms with E-state index in [1.54, 1.807) is 0 Å². The smallest absolute Gasteiger partial charge is 0.309 e. The van der Waals surface area contributed by atoms with Gasteiger partial charge in [-0.1, -0.05) is 78.9 Å². The van der Waals surface area contributed by atoms with Gasteiger partial charge in [0, 0.05) is 24.4 Å². The van der Waals surface area contributed by atoms with Crippen molar-refractivity contribution in [3.63, 3.8) is 0 Å². The van der Waals surface area contributed by atoms with Gasteiger partial charge in [-0.2, -0.15) is 0 Å². The van der Waals surface area contributed by atoms with Crippen molar-refractivity contribution in [3.8, 4) is 0 Å². The second-order valence-electron chi connectivity index (χ2n) is 9.18. The molecule has 0 saturated heterocycles. The lowest BCUT2D eigenvalue weighted by molar-refractivity contribution is 0.626. The van der Waals surface area contributed by atoms with Gasteiger partial charge >= 0.3 is 8.16 Å². The van der Waals surface area contributed by atoms with Gasteiger partial charge in [0.1, 0.15) is 33.5 Å². The molecule has 2 aromatic heterocycles. The van der Waals surface area contributed by atoms with Crippen molar-refractivity contribution in [1.29, 1.82) is 0 Å². The van der Waals surface area contributed by atoms with Crippen molar-refractivity contribution < 1.29 is 17.2 Å². The third-order valence-corrected chi connectivity index (χ3v) is 8.02. The van der Waals surface area contributed by atoms with E-state index in [2.05, 4.69) is 28.9 Å². The molecule has 5 nitrogen and oxygen atoms in total. The predicted molar refractivity (Wildman–Crippen MR) is 155 cm³/mol. The van der Waals surface area contributed by atoms with Gasteiger partial charge in [-0.15, -0.1) is 0 Å². The van der Waals surface area contributed by atoms with E-state index in [0.29, 0.717) is 28.9 Å². The van der Waals surface area contributed by atoms with E-state index in [9.17, 15) is 0 Å². The van der Waals surface area contributed by atoms with Crippen LogP contribution in [-0.4, -0.2) is 7.05 Å². The monoisotopic (exact) mass is 517 g/mol. The van der Waals surface area contributed by atoms with Gasteiger partial charge in [0.15, 0.2) is 0 Å². The second-order valence-corrected chi connectivity index (χ2v) is 10.7. The van der Waals surface area contributed by atoms with Gasteiger partial charge in [-0.3, -0.25) is 0 Å². The largest absolute Gasteiger partial charge is 0.456 e. The van der Waals surface area contributed by atoms with Crippen LogP contribution in [0.5, 0.6) is 0 Å². The molecule has 0 bridgehead atoms. The summed E-state index contributed by atoms with van der Waals surface area (Å²) in [4.78, 5) is 0. The molecule has 6 heteroatoms. The molecule has 0 aliphatic rings. The summed E-state index contributed by atoms with van der Waals surface area (Å²) in [6.07, 6.45) is 0. The van der Waals surface area contributed by atoms with Gasteiger partial charge in [-0.05, 0) is 42.0 Å². The third-order valence-electron chi connectivity index (χ3n) is 6.62. The summed E-state index contributed by atoms with van der Waals surface area (Å²) in [6, 6.07) is 38.1. The Bertz CT molecular complexity index is 1910. The molecule has 0 saturated carbocycles. The molecule has 0 aliphatic carbocycles. The van der Waals surface area contributed by atoms with Crippen LogP contribution in [0.2, 0.25) is 0 Å². The van der Waals surface area contributed by atoms with Crippen LogP contribution in [0.15, 0.2) is 132 Å². The molecule has 38 heavy (non-hydrogen) atoms. The first kappa shape index (κ1) is 22.7. The molecule has 0 amide bonds. The highest BCUT2D eigenvalue weighted by Crippen LogP contribution is 2.40. The molecule has 7 rings (SSSR count). The highest BCUT2D eigenvalue weighted by atomic mass is 31.1. The number of hydrogen-bond acceptors (Lipinski definition) is 5. The first-order valence-corrected chi connectivity index (χ1v) is 13.6. The predicted octanol–water partition coefficient (Wildman–Crippen LogP) is 9.83. The Kier molecular flexibility index (Phi) is 5.66. The molecule has 7 aromatic rings. The Labute approximate surface area is 219 Å². The Morgan fingerprint density at radius 3 is 1.50 bits per heavy atom. The zero-order valence-electron chi connectivity index (χ0n) is 20.7. The lowest BCUT2D eigenvalue weighted by Gasteiger charge is -2.12. The summed E-state index contributed by atoms with van der Waals surface area (Å²) in [5, 5.41) is 3.53. The summed E-state index contributed by atoms with van der Waals surface area (Å²) in [5.74, 6) is 0. The Balaban J connectivity index is 1.66. The lowest BCUT2D eigenvalue weighted by Crippen LogP contribution is -2.11. The van der Waals surface area contributed by atoms with E-state index in [1.807, 2.05) is 98.0 Å². The van der Waals surface area contributed by atoms with Crippen LogP contribution in [0.3, 0.4) is 0 Å². The fourth-order valence-corrected chi connectivity index (χ4v) is 6.10. The Morgan fingerprint density at radius 1 is 0.500 bits per heavy atom. The van der Waals surface area contributed by atoms with Crippen molar-refractivity contribution in [2.75, 3.05) is 11.7 Å². The van der Waals surface area contributed by atoms with Gasteiger partial charge < -0.3 is 17.2 Å². The van der Waals surface area contributed by atoms with Crippen molar-refractivity contribution in [1.82, 2.24) is 0 Å². The second kappa shape index (κ2) is 9.46. The molecule has 0 unspecified atom stereocenters. The average molecular weight is 518 g/mol. The van der Waals surface area contributed by atoms with Gasteiger partial charge in [0.05, 0.1) is 10.8 Å². The molecule has 0 fully saturated rings. The Hall–Kier alpha value is -4.44. The van der Waals surface area contributed by atoms with Gasteiger partial charge in [0.2, 0.25) is 0 Å². The van der Waals surface area contributed by atoms with Crippen molar-refractivity contribution in [3.05, 3.63) is 121 Å². The van der Waals surface area contributed by atoms with E-state index in [4.69, 9.17) is 17.2 Å². The minimum absolute atomic E-state index is 0.679. The van der Waals surface area contributed by atoms with E-state index >= 15 is 0 Å². The van der Waals surface area contributed by atoms with Crippen LogP contribution in [-0.2, 0) is 6.54 Å². The lowest BCUT2D eigenvalue weighted by atomic mass is 10.1. The van der Waals surface area contributed by atoms with E-state index in [-0.39, 0.29) is 0 Å². The first-order valence-electron chi connectivity index (χ1n) is 12.5. The van der Waals surface area contributed by atoms with Gasteiger partial charge in [-0.25, -0.2) is 4.67 Å². The fourth-order valence-electron chi connectivity index (χ4n) is 4.86. The summed E-state index contributed by atoms with van der Waals surface area (Å²) in [5.41, 5.74) is 5.40. The average Bonchev–Trinajstić information content (AvgIpc) is 3.12. The number of fused-ring (bicyclic) bond motifs is 3. The van der Waals surface area contributed by atoms with E-state index in [0.717, 1.165) is 32.7 Å². The standard InChI is InChI=1S/C32H24NO4P/c1-33(21-22-11-3-2-4-12-22)38-36-29-19-9-17-27-31(29)32-28(18-10-20-30(32)37-38)35-26-16-8-6-14-24(26)23-13-5-7-15-25(23)34-27/h2-20H,21H2,1H3. The van der Waals surface area contributed by atoms with Crippen molar-refractivity contribution >= 4 is 63.2 Å². The first-order chi connectivity index (χ1) is 18.7. The quantitative estimate of drug-likeness (QED) is 0.233.